The van der Waals surface area contributed by atoms with Crippen molar-refractivity contribution in [3.8, 4) is 0 Å². The number of hydrazine groups is 1. The number of benzene rings is 3. The quantitative estimate of drug-likeness (QED) is 0.532. The summed E-state index contributed by atoms with van der Waals surface area (Å²) in [6, 6.07) is 24.2. The molecule has 0 aromatic heterocycles. The van der Waals surface area contributed by atoms with Crippen molar-refractivity contribution < 1.29 is 14.3 Å². The zero-order valence-electron chi connectivity index (χ0n) is 19.9. The van der Waals surface area contributed by atoms with Gasteiger partial charge in [-0.3, -0.25) is 9.59 Å². The van der Waals surface area contributed by atoms with E-state index < -0.39 is 6.04 Å². The Morgan fingerprint density at radius 3 is 2.24 bits per heavy atom. The third-order valence-electron chi connectivity index (χ3n) is 6.19. The maximum atomic E-state index is 13.0. The average Bonchev–Trinajstić information content (AvgIpc) is 3.16. The highest BCUT2D eigenvalue weighted by Gasteiger charge is 2.47. The largest absolute Gasteiger partial charge is 0.372 e. The number of rotatable bonds is 7. The van der Waals surface area contributed by atoms with Crippen molar-refractivity contribution in [3.05, 3.63) is 101 Å². The van der Waals surface area contributed by atoms with Gasteiger partial charge in [-0.15, -0.1) is 10.1 Å². The third-order valence-corrected chi connectivity index (χ3v) is 6.19. The Bertz CT molecular complexity index is 1170. The van der Waals surface area contributed by atoms with Gasteiger partial charge in [0.2, 0.25) is 12.3 Å². The second-order valence-electron chi connectivity index (χ2n) is 8.45. The van der Waals surface area contributed by atoms with Crippen molar-refractivity contribution in [1.82, 2.24) is 10.7 Å². The monoisotopic (exact) mass is 455 g/mol. The molecule has 6 heteroatoms. The molecule has 0 bridgehead atoms. The van der Waals surface area contributed by atoms with Crippen LogP contribution in [0.4, 0.5) is 5.69 Å². The number of carbonyl (C=O) groups excluding carboxylic acids is 2. The number of nitrogens with one attached hydrogen (secondary N) is 2. The molecule has 34 heavy (non-hydrogen) atoms. The van der Waals surface area contributed by atoms with E-state index in [1.165, 1.54) is 0 Å². The molecule has 2 amide bonds. The smallest absolute Gasteiger partial charge is 0.304 e. The van der Waals surface area contributed by atoms with Crippen molar-refractivity contribution in [2.24, 2.45) is 0 Å². The molecule has 6 nitrogen and oxygen atoms in total. The molecule has 0 spiro atoms. The van der Waals surface area contributed by atoms with E-state index in [1.807, 2.05) is 67.7 Å². The maximum Gasteiger partial charge on any atom is 0.304 e. The summed E-state index contributed by atoms with van der Waals surface area (Å²) in [5.74, 6) is -0.517. The minimum atomic E-state index is -0.734. The first kappa shape index (κ1) is 23.2. The lowest BCUT2D eigenvalue weighted by atomic mass is 9.99. The van der Waals surface area contributed by atoms with Crippen LogP contribution in [-0.4, -0.2) is 41.8 Å². The lowest BCUT2D eigenvalue weighted by Crippen LogP contribution is -2.42. The van der Waals surface area contributed by atoms with Crippen LogP contribution in [0.15, 0.2) is 78.9 Å². The molecule has 3 aromatic carbocycles. The number of hydrogen-bond donors (Lipinski definition) is 2. The number of anilines is 1. The summed E-state index contributed by atoms with van der Waals surface area (Å²) in [6.07, 6.45) is 1.92. The molecule has 174 valence electrons. The summed E-state index contributed by atoms with van der Waals surface area (Å²) in [4.78, 5) is 28.2. The molecule has 1 aliphatic rings. The Labute approximate surface area is 200 Å². The molecular formula is C28H31N4O2+. The van der Waals surface area contributed by atoms with Gasteiger partial charge in [0.25, 0.3) is 5.91 Å². The Hall–Kier alpha value is -3.93. The molecule has 0 radical (unpaired) electrons. The van der Waals surface area contributed by atoms with Gasteiger partial charge in [-0.05, 0) is 57.2 Å². The number of amides is 2. The van der Waals surface area contributed by atoms with Gasteiger partial charge in [-0.2, -0.15) is 0 Å². The Morgan fingerprint density at radius 1 is 0.971 bits per heavy atom. The van der Waals surface area contributed by atoms with Gasteiger partial charge in [0.15, 0.2) is 6.04 Å². The van der Waals surface area contributed by atoms with E-state index in [4.69, 9.17) is 0 Å². The summed E-state index contributed by atoms with van der Waals surface area (Å²) >= 11 is 0. The first-order valence-corrected chi connectivity index (χ1v) is 11.7. The number of carbonyl (C=O) groups is 2. The molecule has 0 aliphatic carbocycles. The van der Waals surface area contributed by atoms with Crippen LogP contribution in [0.3, 0.4) is 0 Å². The molecule has 2 N–H and O–H groups in total. The van der Waals surface area contributed by atoms with E-state index in [-0.39, 0.29) is 17.9 Å². The second kappa shape index (κ2) is 10.3. The minimum absolute atomic E-state index is 0.245. The lowest BCUT2D eigenvalue weighted by molar-refractivity contribution is -0.596. The molecule has 1 aliphatic heterocycles. The normalized spacial score (nSPS) is 18.6. The molecule has 4 rings (SSSR count). The van der Waals surface area contributed by atoms with Crippen LogP contribution in [0.5, 0.6) is 0 Å². The highest BCUT2D eigenvalue weighted by molar-refractivity contribution is 5.98. The predicted molar refractivity (Wildman–Crippen MR) is 135 cm³/mol. The fourth-order valence-corrected chi connectivity index (χ4v) is 4.28. The summed E-state index contributed by atoms with van der Waals surface area (Å²) < 4.78 is 1.80. The van der Waals surface area contributed by atoms with Gasteiger partial charge in [0.1, 0.15) is 0 Å². The summed E-state index contributed by atoms with van der Waals surface area (Å²) in [5, 5.41) is 2.95. The Kier molecular flexibility index (Phi) is 7.07. The number of nitrogens with zero attached hydrogens (tertiary/aromatic N) is 2. The predicted octanol–water partition coefficient (Wildman–Crippen LogP) is 3.86. The molecule has 0 saturated carbocycles. The van der Waals surface area contributed by atoms with Crippen LogP contribution in [0.1, 0.15) is 46.9 Å². The maximum absolute atomic E-state index is 13.0. The molecule has 1 heterocycles. The van der Waals surface area contributed by atoms with E-state index in [1.54, 1.807) is 16.8 Å². The first-order chi connectivity index (χ1) is 16.5. The van der Waals surface area contributed by atoms with E-state index in [0.29, 0.717) is 5.56 Å². The molecule has 1 fully saturated rings. The van der Waals surface area contributed by atoms with Crippen LogP contribution >= 0.6 is 0 Å². The minimum Gasteiger partial charge on any atom is -0.372 e. The third kappa shape index (κ3) is 5.01. The number of hydrazone groups is 1. The fraction of sp³-hybridized carbons (Fsp3) is 0.250. The fourth-order valence-electron chi connectivity index (χ4n) is 4.28. The Morgan fingerprint density at radius 2 is 1.62 bits per heavy atom. The summed E-state index contributed by atoms with van der Waals surface area (Å²) in [6.45, 7) is 8.14. The molecule has 3 aromatic rings. The van der Waals surface area contributed by atoms with Crippen molar-refractivity contribution in [3.63, 3.8) is 0 Å². The molecule has 0 unspecified atom stereocenters. The van der Waals surface area contributed by atoms with Crippen LogP contribution in [0.2, 0.25) is 0 Å². The zero-order valence-corrected chi connectivity index (χ0v) is 19.9. The lowest BCUT2D eigenvalue weighted by Gasteiger charge is -2.20. The first-order valence-electron chi connectivity index (χ1n) is 11.7. The van der Waals surface area contributed by atoms with Crippen LogP contribution < -0.4 is 15.6 Å². The van der Waals surface area contributed by atoms with E-state index in [9.17, 15) is 9.59 Å². The SMILES string of the molecule is CCN(CC)c1ccc(/C=[N+]2\NC(=O)[C@H](NC(=O)c3ccc(C)cc3)[C@@H]2c2ccccc2)cc1. The van der Waals surface area contributed by atoms with Crippen LogP contribution in [0.25, 0.3) is 0 Å². The van der Waals surface area contributed by atoms with Gasteiger partial charge in [0.05, 0.1) is 0 Å². The van der Waals surface area contributed by atoms with E-state index >= 15 is 0 Å². The van der Waals surface area contributed by atoms with E-state index in [2.05, 4.69) is 41.6 Å². The highest BCUT2D eigenvalue weighted by atomic mass is 16.2. The summed E-state index contributed by atoms with van der Waals surface area (Å²) in [7, 11) is 0. The van der Waals surface area contributed by atoms with Crippen LogP contribution in [-0.2, 0) is 4.79 Å². The topological polar surface area (TPSA) is 64.5 Å². The Balaban J connectivity index is 1.64. The van der Waals surface area contributed by atoms with Crippen molar-refractivity contribution >= 4 is 23.7 Å². The number of hydrogen-bond acceptors (Lipinski definition) is 3. The van der Waals surface area contributed by atoms with E-state index in [0.717, 1.165) is 35.5 Å². The highest BCUT2D eigenvalue weighted by Crippen LogP contribution is 2.25. The standard InChI is InChI=1S/C28H30N4O2/c1-4-31(5-2)24-17-13-21(14-18-24)19-32-26(22-9-7-6-8-10-22)25(28(34)30-32)29-27(33)23-15-11-20(3)12-16-23/h6-19,25-26H,4-5H2,1-3H3,(H-,29,30,33,34)/p+1/t25-,26+/m1/s1. The van der Waals surface area contributed by atoms with Gasteiger partial charge < -0.3 is 10.2 Å². The van der Waals surface area contributed by atoms with Gasteiger partial charge in [0, 0.05) is 35.5 Å². The second-order valence-corrected chi connectivity index (χ2v) is 8.45. The zero-order chi connectivity index (χ0) is 24.1. The van der Waals surface area contributed by atoms with Gasteiger partial charge >= 0.3 is 5.91 Å². The van der Waals surface area contributed by atoms with Crippen molar-refractivity contribution in [2.45, 2.75) is 32.9 Å². The molecular weight excluding hydrogens is 424 g/mol. The average molecular weight is 456 g/mol. The van der Waals surface area contributed by atoms with Gasteiger partial charge in [-0.1, -0.05) is 48.0 Å². The molecule has 1 saturated heterocycles. The van der Waals surface area contributed by atoms with Crippen molar-refractivity contribution in [1.29, 1.82) is 0 Å². The van der Waals surface area contributed by atoms with Crippen molar-refractivity contribution in [2.75, 3.05) is 18.0 Å². The summed E-state index contributed by atoms with van der Waals surface area (Å²) in [5.41, 5.74) is 7.60. The number of aryl methyl sites for hydroxylation is 1. The molecule has 2 atom stereocenters. The van der Waals surface area contributed by atoms with Crippen LogP contribution in [0, 0.1) is 6.92 Å². The van der Waals surface area contributed by atoms with Gasteiger partial charge in [-0.25, -0.2) is 0 Å².